The first-order valence-electron chi connectivity index (χ1n) is 8.20. The van der Waals surface area contributed by atoms with E-state index in [1.165, 1.54) is 17.0 Å². The van der Waals surface area contributed by atoms with E-state index in [-0.39, 0.29) is 5.91 Å². The standard InChI is InChI=1S/C17H19N5OS/c1-10-8-15-19-13(9-11(2)22(15)21-10)17(23)18-7-6-16-20-12-4-3-5-14(12)24-16/h8-9H,3-7H2,1-2H3,(H,18,23). The predicted molar refractivity (Wildman–Crippen MR) is 92.6 cm³/mol. The Morgan fingerprint density at radius 1 is 1.29 bits per heavy atom. The topological polar surface area (TPSA) is 72.2 Å². The second-order valence-corrected chi connectivity index (χ2v) is 7.34. The summed E-state index contributed by atoms with van der Waals surface area (Å²) in [7, 11) is 0. The number of aryl methyl sites for hydroxylation is 4. The number of aromatic nitrogens is 4. The van der Waals surface area contributed by atoms with Crippen LogP contribution in [-0.4, -0.2) is 32.0 Å². The summed E-state index contributed by atoms with van der Waals surface area (Å²) < 4.78 is 1.75. The van der Waals surface area contributed by atoms with E-state index in [2.05, 4.69) is 20.4 Å². The van der Waals surface area contributed by atoms with E-state index in [0.717, 1.165) is 35.7 Å². The maximum Gasteiger partial charge on any atom is 0.270 e. The molecule has 0 radical (unpaired) electrons. The van der Waals surface area contributed by atoms with Crippen molar-refractivity contribution in [3.05, 3.63) is 44.8 Å². The van der Waals surface area contributed by atoms with Gasteiger partial charge in [0.15, 0.2) is 5.65 Å². The number of carbonyl (C=O) groups excluding carboxylic acids is 1. The summed E-state index contributed by atoms with van der Waals surface area (Å²) in [5.41, 5.74) is 4.19. The Labute approximate surface area is 143 Å². The molecule has 0 aromatic carbocycles. The van der Waals surface area contributed by atoms with Crippen LogP contribution in [0.2, 0.25) is 0 Å². The SMILES string of the molecule is Cc1cc2nc(C(=O)NCCc3nc4c(s3)CCC4)cc(C)n2n1. The molecule has 4 rings (SSSR count). The molecule has 7 heteroatoms. The molecule has 0 fully saturated rings. The average molecular weight is 341 g/mol. The number of fused-ring (bicyclic) bond motifs is 2. The first-order chi connectivity index (χ1) is 11.6. The molecule has 0 aliphatic heterocycles. The number of hydrogen-bond acceptors (Lipinski definition) is 5. The van der Waals surface area contributed by atoms with E-state index in [9.17, 15) is 4.79 Å². The van der Waals surface area contributed by atoms with Crippen LogP contribution in [0.25, 0.3) is 5.65 Å². The predicted octanol–water partition coefficient (Wildman–Crippen LogP) is 2.26. The van der Waals surface area contributed by atoms with Gasteiger partial charge in [-0.25, -0.2) is 14.5 Å². The number of nitrogens with zero attached hydrogens (tertiary/aromatic N) is 4. The van der Waals surface area contributed by atoms with Gasteiger partial charge in [0.25, 0.3) is 5.91 Å². The van der Waals surface area contributed by atoms with E-state index in [1.54, 1.807) is 21.9 Å². The summed E-state index contributed by atoms with van der Waals surface area (Å²) in [5.74, 6) is -0.149. The van der Waals surface area contributed by atoms with Gasteiger partial charge in [0.2, 0.25) is 0 Å². The van der Waals surface area contributed by atoms with E-state index in [4.69, 9.17) is 0 Å². The van der Waals surface area contributed by atoms with E-state index >= 15 is 0 Å². The molecule has 1 amide bonds. The van der Waals surface area contributed by atoms with Crippen LogP contribution in [0.3, 0.4) is 0 Å². The van der Waals surface area contributed by atoms with Gasteiger partial charge in [0.1, 0.15) is 5.69 Å². The molecule has 124 valence electrons. The third-order valence-electron chi connectivity index (χ3n) is 4.22. The molecular formula is C17H19N5OS. The highest BCUT2D eigenvalue weighted by atomic mass is 32.1. The van der Waals surface area contributed by atoms with Crippen LogP contribution in [0.1, 0.15) is 43.9 Å². The van der Waals surface area contributed by atoms with Crippen molar-refractivity contribution in [1.29, 1.82) is 0 Å². The van der Waals surface area contributed by atoms with Crippen LogP contribution >= 0.6 is 11.3 Å². The molecule has 6 nitrogen and oxygen atoms in total. The highest BCUT2D eigenvalue weighted by molar-refractivity contribution is 7.11. The number of rotatable bonds is 4. The quantitative estimate of drug-likeness (QED) is 0.790. The third-order valence-corrected chi connectivity index (χ3v) is 5.44. The molecule has 0 saturated carbocycles. The van der Waals surface area contributed by atoms with Gasteiger partial charge in [-0.15, -0.1) is 11.3 Å². The molecule has 1 aliphatic rings. The second-order valence-electron chi connectivity index (χ2n) is 6.18. The van der Waals surface area contributed by atoms with Crippen LogP contribution in [0.4, 0.5) is 0 Å². The van der Waals surface area contributed by atoms with Crippen molar-refractivity contribution < 1.29 is 4.79 Å². The minimum atomic E-state index is -0.149. The van der Waals surface area contributed by atoms with Crippen molar-refractivity contribution in [2.24, 2.45) is 0 Å². The maximum atomic E-state index is 12.4. The number of amides is 1. The summed E-state index contributed by atoms with van der Waals surface area (Å²) in [5, 5.41) is 8.42. The molecule has 3 aromatic heterocycles. The van der Waals surface area contributed by atoms with Gasteiger partial charge in [0.05, 0.1) is 16.4 Å². The minimum Gasteiger partial charge on any atom is -0.350 e. The minimum absolute atomic E-state index is 0.149. The van der Waals surface area contributed by atoms with E-state index in [0.29, 0.717) is 17.9 Å². The Morgan fingerprint density at radius 3 is 3.00 bits per heavy atom. The Kier molecular flexibility index (Phi) is 3.80. The average Bonchev–Trinajstić information content (AvgIpc) is 3.20. The summed E-state index contributed by atoms with van der Waals surface area (Å²) in [6.45, 7) is 4.42. The van der Waals surface area contributed by atoms with Crippen LogP contribution in [0.5, 0.6) is 0 Å². The molecular weight excluding hydrogens is 322 g/mol. The lowest BCUT2D eigenvalue weighted by Crippen LogP contribution is -2.27. The Bertz CT molecular complexity index is 905. The number of carbonyl (C=O) groups is 1. The number of thiazole rings is 1. The van der Waals surface area contributed by atoms with E-state index < -0.39 is 0 Å². The van der Waals surface area contributed by atoms with Gasteiger partial charge in [-0.3, -0.25) is 4.79 Å². The van der Waals surface area contributed by atoms with Crippen molar-refractivity contribution in [3.8, 4) is 0 Å². The zero-order chi connectivity index (χ0) is 16.7. The van der Waals surface area contributed by atoms with Crippen molar-refractivity contribution in [2.45, 2.75) is 39.5 Å². The van der Waals surface area contributed by atoms with Crippen molar-refractivity contribution >= 4 is 22.9 Å². The molecule has 1 aliphatic carbocycles. The smallest absolute Gasteiger partial charge is 0.270 e. The molecule has 0 bridgehead atoms. The molecule has 0 spiro atoms. The zero-order valence-electron chi connectivity index (χ0n) is 13.8. The lowest BCUT2D eigenvalue weighted by Gasteiger charge is -2.05. The lowest BCUT2D eigenvalue weighted by atomic mass is 10.3. The second kappa shape index (κ2) is 5.98. The Balaban J connectivity index is 1.42. The summed E-state index contributed by atoms with van der Waals surface area (Å²) in [6, 6.07) is 3.65. The van der Waals surface area contributed by atoms with Crippen molar-refractivity contribution in [1.82, 2.24) is 24.9 Å². The zero-order valence-corrected chi connectivity index (χ0v) is 14.6. The molecule has 3 aromatic rings. The Morgan fingerprint density at radius 2 is 2.17 bits per heavy atom. The number of hydrogen-bond donors (Lipinski definition) is 1. The van der Waals surface area contributed by atoms with Crippen molar-refractivity contribution in [3.63, 3.8) is 0 Å². The van der Waals surface area contributed by atoms with Crippen LogP contribution < -0.4 is 5.32 Å². The van der Waals surface area contributed by atoms with Gasteiger partial charge in [-0.1, -0.05) is 0 Å². The van der Waals surface area contributed by atoms with Crippen LogP contribution in [-0.2, 0) is 19.3 Å². The molecule has 0 unspecified atom stereocenters. The summed E-state index contributed by atoms with van der Waals surface area (Å²) >= 11 is 1.79. The Hall–Kier alpha value is -2.28. The first-order valence-corrected chi connectivity index (χ1v) is 9.01. The van der Waals surface area contributed by atoms with Crippen LogP contribution in [0, 0.1) is 13.8 Å². The lowest BCUT2D eigenvalue weighted by molar-refractivity contribution is 0.0949. The molecule has 24 heavy (non-hydrogen) atoms. The van der Waals surface area contributed by atoms with Gasteiger partial charge in [-0.2, -0.15) is 5.10 Å². The monoisotopic (exact) mass is 341 g/mol. The highest BCUT2D eigenvalue weighted by Gasteiger charge is 2.17. The first kappa shape index (κ1) is 15.3. The fourth-order valence-corrected chi connectivity index (χ4v) is 4.24. The highest BCUT2D eigenvalue weighted by Crippen LogP contribution is 2.27. The fourth-order valence-electron chi connectivity index (χ4n) is 3.08. The number of nitrogens with one attached hydrogen (secondary N) is 1. The molecule has 1 N–H and O–H groups in total. The third kappa shape index (κ3) is 2.80. The van der Waals surface area contributed by atoms with Gasteiger partial charge in [-0.05, 0) is 39.2 Å². The summed E-state index contributed by atoms with van der Waals surface area (Å²) in [6.07, 6.45) is 4.27. The van der Waals surface area contributed by atoms with E-state index in [1.807, 2.05) is 19.9 Å². The molecule has 0 atom stereocenters. The van der Waals surface area contributed by atoms with Crippen LogP contribution in [0.15, 0.2) is 12.1 Å². The maximum absolute atomic E-state index is 12.4. The molecule has 0 saturated heterocycles. The van der Waals surface area contributed by atoms with Gasteiger partial charge < -0.3 is 5.32 Å². The molecule has 3 heterocycles. The van der Waals surface area contributed by atoms with Gasteiger partial charge >= 0.3 is 0 Å². The largest absolute Gasteiger partial charge is 0.350 e. The summed E-state index contributed by atoms with van der Waals surface area (Å²) in [4.78, 5) is 22.8. The van der Waals surface area contributed by atoms with Crippen molar-refractivity contribution in [2.75, 3.05) is 6.54 Å². The fraction of sp³-hybridized carbons (Fsp3) is 0.412. The van der Waals surface area contributed by atoms with Gasteiger partial charge in [0, 0.05) is 29.6 Å². The normalized spacial score (nSPS) is 13.4.